The second kappa shape index (κ2) is 5.96. The molecule has 23 heavy (non-hydrogen) atoms. The fourth-order valence-corrected chi connectivity index (χ4v) is 2.89. The smallest absolute Gasteiger partial charge is 0.271 e. The first-order valence-corrected chi connectivity index (χ1v) is 7.47. The number of likely N-dealkylation sites (N-methyl/N-ethyl adjacent to an activating group) is 1. The van der Waals surface area contributed by atoms with Crippen molar-refractivity contribution in [1.29, 1.82) is 0 Å². The van der Waals surface area contributed by atoms with E-state index in [0.29, 0.717) is 25.2 Å². The lowest BCUT2D eigenvalue weighted by molar-refractivity contribution is 0.0262. The number of H-pyrrole nitrogens is 1. The fourth-order valence-electron chi connectivity index (χ4n) is 2.89. The molecule has 0 spiro atoms. The normalized spacial score (nSPS) is 20.7. The van der Waals surface area contributed by atoms with Crippen molar-refractivity contribution in [3.05, 3.63) is 36.3 Å². The van der Waals surface area contributed by atoms with Crippen LogP contribution in [0.1, 0.15) is 22.6 Å². The Bertz CT molecular complexity index is 689. The summed E-state index contributed by atoms with van der Waals surface area (Å²) in [7, 11) is 1.68. The van der Waals surface area contributed by atoms with Crippen molar-refractivity contribution in [2.24, 2.45) is 0 Å². The van der Waals surface area contributed by atoms with Crippen LogP contribution in [0, 0.1) is 6.92 Å². The summed E-state index contributed by atoms with van der Waals surface area (Å²) in [6.45, 7) is 3.29. The zero-order valence-corrected chi connectivity index (χ0v) is 13.2. The Morgan fingerprint density at radius 1 is 1.52 bits per heavy atom. The van der Waals surface area contributed by atoms with E-state index in [1.807, 2.05) is 17.9 Å². The maximum atomic E-state index is 12.2. The number of rotatable bonds is 4. The molecule has 8 heteroatoms. The van der Waals surface area contributed by atoms with Gasteiger partial charge in [-0.15, -0.1) is 0 Å². The summed E-state index contributed by atoms with van der Waals surface area (Å²) in [5.41, 5.74) is 0.345. The molecule has 3 heterocycles. The van der Waals surface area contributed by atoms with Gasteiger partial charge in [0.1, 0.15) is 23.4 Å². The van der Waals surface area contributed by atoms with Crippen molar-refractivity contribution < 1.29 is 9.90 Å². The quantitative estimate of drug-likeness (QED) is 0.837. The van der Waals surface area contributed by atoms with Crippen LogP contribution in [0.25, 0.3) is 0 Å². The number of aliphatic hydroxyl groups is 1. The van der Waals surface area contributed by atoms with E-state index in [4.69, 9.17) is 0 Å². The van der Waals surface area contributed by atoms with Crippen LogP contribution in [-0.2, 0) is 0 Å². The number of aromatic amines is 1. The zero-order chi connectivity index (χ0) is 16.4. The van der Waals surface area contributed by atoms with Crippen LogP contribution in [0.3, 0.4) is 0 Å². The van der Waals surface area contributed by atoms with Crippen molar-refractivity contribution in [3.63, 3.8) is 0 Å². The lowest BCUT2D eigenvalue weighted by Gasteiger charge is -2.29. The van der Waals surface area contributed by atoms with Gasteiger partial charge in [-0.25, -0.2) is 15.0 Å². The zero-order valence-electron chi connectivity index (χ0n) is 13.2. The van der Waals surface area contributed by atoms with Crippen LogP contribution in [0.15, 0.2) is 24.9 Å². The second-order valence-electron chi connectivity index (χ2n) is 6.04. The molecule has 1 atom stereocenters. The average Bonchev–Trinajstić information content (AvgIpc) is 3.16. The SMILES string of the molecule is Cc1cc(N2CCC(O)(CN(C)C(=O)c3cnc[nH]3)C2)ncn1. The minimum Gasteiger partial charge on any atom is -0.386 e. The third-order valence-electron chi connectivity index (χ3n) is 4.05. The van der Waals surface area contributed by atoms with Crippen LogP contribution in [-0.4, -0.2) is 68.1 Å². The average molecular weight is 316 g/mol. The third-order valence-corrected chi connectivity index (χ3v) is 4.05. The molecular formula is C15H20N6O2. The van der Waals surface area contributed by atoms with Gasteiger partial charge in [-0.2, -0.15) is 0 Å². The van der Waals surface area contributed by atoms with E-state index in [1.54, 1.807) is 7.05 Å². The van der Waals surface area contributed by atoms with Gasteiger partial charge in [-0.1, -0.05) is 0 Å². The Morgan fingerprint density at radius 2 is 2.35 bits per heavy atom. The van der Waals surface area contributed by atoms with Gasteiger partial charge in [0.15, 0.2) is 0 Å². The molecule has 2 aromatic rings. The maximum absolute atomic E-state index is 12.2. The maximum Gasteiger partial charge on any atom is 0.271 e. The van der Waals surface area contributed by atoms with Crippen molar-refractivity contribution in [2.45, 2.75) is 18.9 Å². The molecule has 0 aromatic carbocycles. The number of hydrogen-bond acceptors (Lipinski definition) is 6. The number of aryl methyl sites for hydroxylation is 1. The lowest BCUT2D eigenvalue weighted by Crippen LogP contribution is -2.46. The largest absolute Gasteiger partial charge is 0.386 e. The highest BCUT2D eigenvalue weighted by molar-refractivity contribution is 5.91. The molecule has 1 aliphatic heterocycles. The van der Waals surface area contributed by atoms with Crippen LogP contribution in [0.5, 0.6) is 0 Å². The molecular weight excluding hydrogens is 296 g/mol. The molecule has 2 N–H and O–H groups in total. The highest BCUT2D eigenvalue weighted by atomic mass is 16.3. The van der Waals surface area contributed by atoms with Crippen LogP contribution < -0.4 is 4.90 Å². The molecule has 1 unspecified atom stereocenters. The number of imidazole rings is 1. The summed E-state index contributed by atoms with van der Waals surface area (Å²) in [6.07, 6.45) is 5.05. The van der Waals surface area contributed by atoms with E-state index in [2.05, 4.69) is 19.9 Å². The third kappa shape index (κ3) is 3.31. The predicted octanol–water partition coefficient (Wildman–Crippen LogP) is 0.222. The molecule has 8 nitrogen and oxygen atoms in total. The van der Waals surface area contributed by atoms with Gasteiger partial charge < -0.3 is 19.9 Å². The van der Waals surface area contributed by atoms with Crippen molar-refractivity contribution in [3.8, 4) is 0 Å². The van der Waals surface area contributed by atoms with Gasteiger partial charge >= 0.3 is 0 Å². The summed E-state index contributed by atoms with van der Waals surface area (Å²) in [5, 5.41) is 10.8. The summed E-state index contributed by atoms with van der Waals surface area (Å²) >= 11 is 0. The number of aromatic nitrogens is 4. The van der Waals surface area contributed by atoms with E-state index in [0.717, 1.165) is 11.5 Å². The highest BCUT2D eigenvalue weighted by Gasteiger charge is 2.38. The molecule has 0 saturated carbocycles. The van der Waals surface area contributed by atoms with E-state index >= 15 is 0 Å². The molecule has 3 rings (SSSR count). The number of nitrogens with zero attached hydrogens (tertiary/aromatic N) is 5. The second-order valence-corrected chi connectivity index (χ2v) is 6.04. The topological polar surface area (TPSA) is 98.2 Å². The van der Waals surface area contributed by atoms with Crippen molar-refractivity contribution in [1.82, 2.24) is 24.8 Å². The molecule has 1 fully saturated rings. The summed E-state index contributed by atoms with van der Waals surface area (Å²) in [5.74, 6) is 0.614. The molecule has 122 valence electrons. The van der Waals surface area contributed by atoms with Crippen LogP contribution in [0.4, 0.5) is 5.82 Å². The number of β-amino-alcohol motifs (C(OH)–C–C–N with tert-alkyl or cyclic N) is 1. The Labute approximate surface area is 134 Å². The number of nitrogens with one attached hydrogen (secondary N) is 1. The molecule has 2 aromatic heterocycles. The van der Waals surface area contributed by atoms with E-state index < -0.39 is 5.60 Å². The number of hydrogen-bond donors (Lipinski definition) is 2. The first kappa shape index (κ1) is 15.4. The minimum absolute atomic E-state index is 0.188. The van der Waals surface area contributed by atoms with Crippen molar-refractivity contribution >= 4 is 11.7 Å². The highest BCUT2D eigenvalue weighted by Crippen LogP contribution is 2.26. The van der Waals surface area contributed by atoms with Crippen LogP contribution >= 0.6 is 0 Å². The van der Waals surface area contributed by atoms with Gasteiger partial charge in [0.2, 0.25) is 0 Å². The predicted molar refractivity (Wildman–Crippen MR) is 84.1 cm³/mol. The molecule has 1 amide bonds. The van der Waals surface area contributed by atoms with Gasteiger partial charge in [0, 0.05) is 31.9 Å². The molecule has 1 aliphatic rings. The van der Waals surface area contributed by atoms with Gasteiger partial charge in [0.05, 0.1) is 19.1 Å². The lowest BCUT2D eigenvalue weighted by atomic mass is 10.0. The Kier molecular flexibility index (Phi) is 3.99. The summed E-state index contributed by atoms with van der Waals surface area (Å²) in [4.78, 5) is 30.7. The first-order valence-electron chi connectivity index (χ1n) is 7.47. The Balaban J connectivity index is 1.65. The first-order chi connectivity index (χ1) is 11.0. The Hall–Kier alpha value is -2.48. The van der Waals surface area contributed by atoms with Gasteiger partial charge in [0.25, 0.3) is 5.91 Å². The van der Waals surface area contributed by atoms with Crippen LogP contribution in [0.2, 0.25) is 0 Å². The van der Waals surface area contributed by atoms with E-state index in [1.165, 1.54) is 23.8 Å². The number of carbonyl (C=O) groups is 1. The molecule has 1 saturated heterocycles. The minimum atomic E-state index is -0.955. The van der Waals surface area contributed by atoms with Gasteiger partial charge in [-0.05, 0) is 13.3 Å². The Morgan fingerprint density at radius 3 is 3.04 bits per heavy atom. The van der Waals surface area contributed by atoms with E-state index in [9.17, 15) is 9.90 Å². The summed E-state index contributed by atoms with van der Waals surface area (Å²) < 4.78 is 0. The number of amides is 1. The molecule has 0 bridgehead atoms. The van der Waals surface area contributed by atoms with Gasteiger partial charge in [-0.3, -0.25) is 4.79 Å². The standard InChI is InChI=1S/C15H20N6O2/c1-11-5-13(19-10-17-11)21-4-3-15(23,8-21)7-20(2)14(22)12-6-16-9-18-12/h5-6,9-10,23H,3-4,7-8H2,1-2H3,(H,16,18). The fraction of sp³-hybridized carbons (Fsp3) is 0.467. The number of anilines is 1. The molecule has 0 aliphatic carbocycles. The van der Waals surface area contributed by atoms with E-state index in [-0.39, 0.29) is 12.5 Å². The summed E-state index contributed by atoms with van der Waals surface area (Å²) in [6, 6.07) is 1.89. The molecule has 0 radical (unpaired) electrons. The number of carbonyl (C=O) groups excluding carboxylic acids is 1. The van der Waals surface area contributed by atoms with Crippen molar-refractivity contribution in [2.75, 3.05) is 31.6 Å². The monoisotopic (exact) mass is 316 g/mol.